The van der Waals surface area contributed by atoms with Crippen LogP contribution in [-0.2, 0) is 16.1 Å². The molecule has 0 aliphatic carbocycles. The molecule has 2 aromatic rings. The molecular formula is C19H24N2O3S. The highest BCUT2D eigenvalue weighted by molar-refractivity contribution is 7.10. The first-order valence-corrected chi connectivity index (χ1v) is 9.10. The number of carbonyl (C=O) groups excluding carboxylic acids is 2. The summed E-state index contributed by atoms with van der Waals surface area (Å²) in [6, 6.07) is 7.43. The third-order valence-electron chi connectivity index (χ3n) is 3.97. The van der Waals surface area contributed by atoms with Crippen LogP contribution in [0.2, 0.25) is 0 Å². The topological polar surface area (TPSA) is 58.6 Å². The highest BCUT2D eigenvalue weighted by Gasteiger charge is 2.20. The Morgan fingerprint density at radius 3 is 2.48 bits per heavy atom. The fraction of sp³-hybridized carbons (Fsp3) is 0.368. The first-order valence-electron chi connectivity index (χ1n) is 8.22. The van der Waals surface area contributed by atoms with Crippen LogP contribution in [-0.4, -0.2) is 30.1 Å². The first-order chi connectivity index (χ1) is 11.9. The minimum atomic E-state index is -0.410. The molecule has 1 aromatic heterocycles. The number of carbonyl (C=O) groups is 2. The number of esters is 1. The molecule has 0 saturated heterocycles. The van der Waals surface area contributed by atoms with Crippen molar-refractivity contribution in [1.82, 2.24) is 4.90 Å². The van der Waals surface area contributed by atoms with Gasteiger partial charge in [-0.25, -0.2) is 4.79 Å². The number of benzene rings is 1. The Balaban J connectivity index is 2.14. The lowest BCUT2D eigenvalue weighted by molar-refractivity contribution is -0.143. The summed E-state index contributed by atoms with van der Waals surface area (Å²) in [5.74, 6) is -0.410. The summed E-state index contributed by atoms with van der Waals surface area (Å²) < 4.78 is 5.00. The number of hydrogen-bond acceptors (Lipinski definition) is 4. The highest BCUT2D eigenvalue weighted by atomic mass is 32.1. The van der Waals surface area contributed by atoms with Crippen molar-refractivity contribution in [2.75, 3.05) is 18.5 Å². The van der Waals surface area contributed by atoms with Crippen molar-refractivity contribution in [2.45, 2.75) is 34.2 Å². The van der Waals surface area contributed by atoms with Gasteiger partial charge in [-0.15, -0.1) is 11.3 Å². The SMILES string of the molecule is CCOC(=O)CN(Cc1sccc1C)C(=O)Nc1ccc(C)c(C)c1. The molecule has 0 aliphatic rings. The smallest absolute Gasteiger partial charge is 0.325 e. The Bertz CT molecular complexity index is 755. The first kappa shape index (κ1) is 19.0. The van der Waals surface area contributed by atoms with Gasteiger partial charge in [0.2, 0.25) is 0 Å². The molecule has 0 radical (unpaired) electrons. The number of urea groups is 1. The second-order valence-corrected chi connectivity index (χ2v) is 6.92. The number of rotatable bonds is 6. The van der Waals surface area contributed by atoms with Crippen LogP contribution in [0.4, 0.5) is 10.5 Å². The predicted molar refractivity (Wildman–Crippen MR) is 101 cm³/mol. The summed E-state index contributed by atoms with van der Waals surface area (Å²) in [5, 5.41) is 4.85. The molecule has 5 nitrogen and oxygen atoms in total. The number of thiophene rings is 1. The van der Waals surface area contributed by atoms with Crippen molar-refractivity contribution in [3.05, 3.63) is 51.2 Å². The van der Waals surface area contributed by atoms with Crippen LogP contribution in [0.15, 0.2) is 29.6 Å². The van der Waals surface area contributed by atoms with E-state index in [1.54, 1.807) is 18.3 Å². The van der Waals surface area contributed by atoms with E-state index in [0.717, 1.165) is 21.6 Å². The second-order valence-electron chi connectivity index (χ2n) is 5.92. The molecule has 0 bridgehead atoms. The normalized spacial score (nSPS) is 10.4. The molecule has 0 atom stereocenters. The van der Waals surface area contributed by atoms with E-state index >= 15 is 0 Å². The van der Waals surface area contributed by atoms with Crippen molar-refractivity contribution < 1.29 is 14.3 Å². The van der Waals surface area contributed by atoms with E-state index in [9.17, 15) is 9.59 Å². The monoisotopic (exact) mass is 360 g/mol. The van der Waals surface area contributed by atoms with Crippen molar-refractivity contribution in [3.8, 4) is 0 Å². The highest BCUT2D eigenvalue weighted by Crippen LogP contribution is 2.19. The minimum absolute atomic E-state index is 0.0815. The van der Waals surface area contributed by atoms with E-state index in [-0.39, 0.29) is 12.6 Å². The standard InChI is InChI=1S/C19H24N2O3S/c1-5-24-18(22)12-21(11-17-14(3)8-9-25-17)19(23)20-16-7-6-13(2)15(4)10-16/h6-10H,5,11-12H2,1-4H3,(H,20,23). The van der Waals surface area contributed by atoms with Gasteiger partial charge >= 0.3 is 12.0 Å². The Labute approximate surface area is 152 Å². The maximum absolute atomic E-state index is 12.7. The van der Waals surface area contributed by atoms with E-state index in [4.69, 9.17) is 4.74 Å². The van der Waals surface area contributed by atoms with Crippen LogP contribution in [0, 0.1) is 20.8 Å². The number of aryl methyl sites for hydroxylation is 3. The Hall–Kier alpha value is -2.34. The number of amides is 2. The fourth-order valence-electron chi connectivity index (χ4n) is 2.32. The molecule has 0 spiro atoms. The lowest BCUT2D eigenvalue weighted by Crippen LogP contribution is -2.38. The van der Waals surface area contributed by atoms with E-state index in [1.165, 1.54) is 4.90 Å². The average molecular weight is 360 g/mol. The van der Waals surface area contributed by atoms with Gasteiger partial charge in [0, 0.05) is 10.6 Å². The zero-order valence-corrected chi connectivity index (χ0v) is 15.9. The molecule has 2 rings (SSSR count). The summed E-state index contributed by atoms with van der Waals surface area (Å²) in [5.41, 5.74) is 4.09. The molecule has 2 amide bonds. The molecule has 1 heterocycles. The average Bonchev–Trinajstić information content (AvgIpc) is 2.95. The molecule has 0 saturated carbocycles. The van der Waals surface area contributed by atoms with Gasteiger partial charge in [-0.2, -0.15) is 0 Å². The molecule has 25 heavy (non-hydrogen) atoms. The molecule has 0 unspecified atom stereocenters. The number of anilines is 1. The van der Waals surface area contributed by atoms with Crippen molar-refractivity contribution >= 4 is 29.0 Å². The minimum Gasteiger partial charge on any atom is -0.465 e. The molecule has 1 aromatic carbocycles. The molecule has 6 heteroatoms. The zero-order valence-electron chi connectivity index (χ0n) is 15.1. The number of hydrogen-bond donors (Lipinski definition) is 1. The van der Waals surface area contributed by atoms with E-state index < -0.39 is 5.97 Å². The van der Waals surface area contributed by atoms with Gasteiger partial charge in [0.15, 0.2) is 0 Å². The van der Waals surface area contributed by atoms with E-state index in [2.05, 4.69) is 5.32 Å². The summed E-state index contributed by atoms with van der Waals surface area (Å²) in [4.78, 5) is 27.1. The zero-order chi connectivity index (χ0) is 18.4. The van der Waals surface area contributed by atoms with Crippen LogP contribution in [0.3, 0.4) is 0 Å². The molecule has 0 fully saturated rings. The maximum Gasteiger partial charge on any atom is 0.325 e. The van der Waals surface area contributed by atoms with Gasteiger partial charge in [-0.3, -0.25) is 4.79 Å². The molecular weight excluding hydrogens is 336 g/mol. The van der Waals surface area contributed by atoms with Crippen LogP contribution in [0.5, 0.6) is 0 Å². The molecule has 0 aliphatic heterocycles. The van der Waals surface area contributed by atoms with Crippen molar-refractivity contribution in [1.29, 1.82) is 0 Å². The molecule has 134 valence electrons. The van der Waals surface area contributed by atoms with E-state index in [0.29, 0.717) is 18.8 Å². The molecule has 1 N–H and O–H groups in total. The summed E-state index contributed by atoms with van der Waals surface area (Å²) in [6.45, 7) is 8.35. The van der Waals surface area contributed by atoms with Gasteiger partial charge in [0.1, 0.15) is 6.54 Å². The van der Waals surface area contributed by atoms with Crippen LogP contribution >= 0.6 is 11.3 Å². The largest absolute Gasteiger partial charge is 0.465 e. The third kappa shape index (κ3) is 5.32. The van der Waals surface area contributed by atoms with Crippen LogP contribution in [0.1, 0.15) is 28.5 Å². The van der Waals surface area contributed by atoms with Crippen molar-refractivity contribution in [3.63, 3.8) is 0 Å². The van der Waals surface area contributed by atoms with Crippen LogP contribution < -0.4 is 5.32 Å². The maximum atomic E-state index is 12.7. The third-order valence-corrected chi connectivity index (χ3v) is 4.98. The predicted octanol–water partition coefficient (Wildman–Crippen LogP) is 4.27. The summed E-state index contributed by atoms with van der Waals surface area (Å²) >= 11 is 1.57. The number of nitrogens with one attached hydrogen (secondary N) is 1. The van der Waals surface area contributed by atoms with Gasteiger partial charge < -0.3 is 15.0 Å². The lowest BCUT2D eigenvalue weighted by atomic mass is 10.1. The number of ether oxygens (including phenoxy) is 1. The second kappa shape index (κ2) is 8.67. The van der Waals surface area contributed by atoms with Crippen LogP contribution in [0.25, 0.3) is 0 Å². The quantitative estimate of drug-likeness (QED) is 0.783. The van der Waals surface area contributed by atoms with Gasteiger partial charge in [0.05, 0.1) is 13.2 Å². The van der Waals surface area contributed by atoms with E-state index in [1.807, 2.05) is 50.4 Å². The van der Waals surface area contributed by atoms with Gasteiger partial charge in [-0.05, 0) is 68.0 Å². The Morgan fingerprint density at radius 2 is 1.88 bits per heavy atom. The summed E-state index contributed by atoms with van der Waals surface area (Å²) in [7, 11) is 0. The van der Waals surface area contributed by atoms with Gasteiger partial charge in [-0.1, -0.05) is 6.07 Å². The van der Waals surface area contributed by atoms with Crippen molar-refractivity contribution in [2.24, 2.45) is 0 Å². The Morgan fingerprint density at radius 1 is 1.12 bits per heavy atom. The summed E-state index contributed by atoms with van der Waals surface area (Å²) in [6.07, 6.45) is 0. The Kier molecular flexibility index (Phi) is 6.58. The number of nitrogens with zero attached hydrogens (tertiary/aromatic N) is 1. The fourth-order valence-corrected chi connectivity index (χ4v) is 3.24. The van der Waals surface area contributed by atoms with Gasteiger partial charge in [0.25, 0.3) is 0 Å². The lowest BCUT2D eigenvalue weighted by Gasteiger charge is -2.22.